The molecule has 156 valence electrons. The Labute approximate surface area is 178 Å². The number of piperidine rings is 1. The molecule has 1 N–H and O–H groups in total. The van der Waals surface area contributed by atoms with Gasteiger partial charge in [0.05, 0.1) is 6.42 Å². The van der Waals surface area contributed by atoms with Gasteiger partial charge in [-0.1, -0.05) is 18.0 Å². The van der Waals surface area contributed by atoms with E-state index >= 15 is 0 Å². The number of carbonyl (C=O) groups excluding carboxylic acids is 2. The maximum atomic E-state index is 12.7. The number of amides is 1. The van der Waals surface area contributed by atoms with Crippen molar-refractivity contribution in [1.82, 2.24) is 4.31 Å². The van der Waals surface area contributed by atoms with E-state index in [0.717, 1.165) is 30.6 Å². The van der Waals surface area contributed by atoms with Crippen LogP contribution in [0.2, 0.25) is 5.02 Å². The van der Waals surface area contributed by atoms with Crippen molar-refractivity contribution in [2.75, 3.05) is 25.0 Å². The first kappa shape index (κ1) is 21.8. The smallest absolute Gasteiger partial charge is 0.311 e. The van der Waals surface area contributed by atoms with Crippen LogP contribution >= 0.6 is 22.9 Å². The first-order chi connectivity index (χ1) is 13.8. The minimum atomic E-state index is -3.51. The first-order valence-corrected chi connectivity index (χ1v) is 11.8. The molecule has 1 aliphatic rings. The van der Waals surface area contributed by atoms with E-state index in [1.54, 1.807) is 30.3 Å². The van der Waals surface area contributed by atoms with Crippen molar-refractivity contribution >= 4 is 50.5 Å². The van der Waals surface area contributed by atoms with E-state index in [-0.39, 0.29) is 10.6 Å². The zero-order chi connectivity index (χ0) is 20.9. The molecule has 0 atom stereocenters. The van der Waals surface area contributed by atoms with E-state index in [1.807, 2.05) is 0 Å². The van der Waals surface area contributed by atoms with Crippen molar-refractivity contribution in [2.45, 2.75) is 29.9 Å². The topological polar surface area (TPSA) is 92.8 Å². The van der Waals surface area contributed by atoms with E-state index in [9.17, 15) is 18.0 Å². The fraction of sp³-hybridized carbons (Fsp3) is 0.368. The Balaban J connectivity index is 1.49. The van der Waals surface area contributed by atoms with E-state index < -0.39 is 28.5 Å². The van der Waals surface area contributed by atoms with E-state index in [2.05, 4.69) is 5.32 Å². The first-order valence-electron chi connectivity index (χ1n) is 9.14. The van der Waals surface area contributed by atoms with Crippen LogP contribution in [0.3, 0.4) is 0 Å². The molecule has 7 nitrogen and oxygen atoms in total. The summed E-state index contributed by atoms with van der Waals surface area (Å²) in [4.78, 5) is 24.4. The highest BCUT2D eigenvalue weighted by molar-refractivity contribution is 7.91. The summed E-state index contributed by atoms with van der Waals surface area (Å²) in [5, 5.41) is 3.14. The van der Waals surface area contributed by atoms with Crippen molar-refractivity contribution < 1.29 is 22.7 Å². The van der Waals surface area contributed by atoms with Gasteiger partial charge in [-0.05, 0) is 49.2 Å². The van der Waals surface area contributed by atoms with Gasteiger partial charge in [-0.3, -0.25) is 9.59 Å². The van der Waals surface area contributed by atoms with Gasteiger partial charge >= 0.3 is 5.97 Å². The lowest BCUT2D eigenvalue weighted by molar-refractivity contribution is -0.146. The van der Waals surface area contributed by atoms with Gasteiger partial charge in [-0.25, -0.2) is 8.42 Å². The summed E-state index contributed by atoms with van der Waals surface area (Å²) in [6.07, 6.45) is 2.68. The number of rotatable bonds is 7. The number of esters is 1. The maximum absolute atomic E-state index is 12.7. The zero-order valence-corrected chi connectivity index (χ0v) is 18.0. The SMILES string of the molecule is O=C(COC(=O)Cc1ccc(S(=O)(=O)N2CCCCC2)s1)Nc1ccc(Cl)cc1. The van der Waals surface area contributed by atoms with E-state index in [1.165, 1.54) is 10.4 Å². The molecule has 1 aromatic heterocycles. The number of carbonyl (C=O) groups is 2. The summed E-state index contributed by atoms with van der Waals surface area (Å²) in [7, 11) is -3.51. The number of thiophene rings is 1. The number of sulfonamides is 1. The monoisotopic (exact) mass is 456 g/mol. The van der Waals surface area contributed by atoms with Crippen LogP contribution in [0, 0.1) is 0 Å². The third kappa shape index (κ3) is 6.02. The molecular weight excluding hydrogens is 436 g/mol. The Morgan fingerprint density at radius 3 is 2.45 bits per heavy atom. The number of anilines is 1. The molecular formula is C19H21ClN2O5S2. The normalized spacial score (nSPS) is 15.1. The Kier molecular flexibility index (Phi) is 7.28. The molecule has 1 amide bonds. The van der Waals surface area contributed by atoms with Crippen LogP contribution in [0.5, 0.6) is 0 Å². The lowest BCUT2D eigenvalue weighted by Crippen LogP contribution is -2.35. The van der Waals surface area contributed by atoms with Crippen LogP contribution in [-0.2, 0) is 30.8 Å². The quantitative estimate of drug-likeness (QED) is 0.645. The standard InChI is InChI=1S/C19H21ClN2O5S2/c20-14-4-6-15(7-5-14)21-17(23)13-27-18(24)12-16-8-9-19(28-16)29(25,26)22-10-2-1-3-11-22/h4-9H,1-3,10-13H2,(H,21,23). The summed E-state index contributed by atoms with van der Waals surface area (Å²) in [5.41, 5.74) is 0.543. The van der Waals surface area contributed by atoms with Crippen LogP contribution in [0.15, 0.2) is 40.6 Å². The van der Waals surface area contributed by atoms with Crippen LogP contribution in [0.25, 0.3) is 0 Å². The number of nitrogens with one attached hydrogen (secondary N) is 1. The highest BCUT2D eigenvalue weighted by Crippen LogP contribution is 2.27. The van der Waals surface area contributed by atoms with Gasteiger partial charge in [0.15, 0.2) is 6.61 Å². The second-order valence-corrected chi connectivity index (χ2v) is 10.3. The van der Waals surface area contributed by atoms with Crippen molar-refractivity contribution in [3.05, 3.63) is 46.3 Å². The van der Waals surface area contributed by atoms with Crippen LogP contribution in [0.1, 0.15) is 24.1 Å². The summed E-state index contributed by atoms with van der Waals surface area (Å²) in [6, 6.07) is 9.67. The molecule has 0 unspecified atom stereocenters. The minimum Gasteiger partial charge on any atom is -0.455 e. The van der Waals surface area contributed by atoms with Crippen molar-refractivity contribution in [1.29, 1.82) is 0 Å². The van der Waals surface area contributed by atoms with Crippen LogP contribution < -0.4 is 5.32 Å². The predicted molar refractivity (Wildman–Crippen MR) is 112 cm³/mol. The molecule has 29 heavy (non-hydrogen) atoms. The molecule has 0 bridgehead atoms. The number of halogens is 1. The average molecular weight is 457 g/mol. The van der Waals surface area contributed by atoms with Gasteiger partial charge in [0, 0.05) is 28.7 Å². The molecule has 1 aliphatic heterocycles. The molecule has 1 aromatic carbocycles. The molecule has 0 aliphatic carbocycles. The lowest BCUT2D eigenvalue weighted by Gasteiger charge is -2.25. The second-order valence-electron chi connectivity index (χ2n) is 6.58. The summed E-state index contributed by atoms with van der Waals surface area (Å²) >= 11 is 6.84. The number of benzene rings is 1. The van der Waals surface area contributed by atoms with E-state index in [4.69, 9.17) is 16.3 Å². The van der Waals surface area contributed by atoms with Gasteiger partial charge in [-0.2, -0.15) is 4.31 Å². The molecule has 10 heteroatoms. The Bertz CT molecular complexity index is 967. The second kappa shape index (κ2) is 9.71. The highest BCUT2D eigenvalue weighted by atomic mass is 35.5. The maximum Gasteiger partial charge on any atom is 0.311 e. The molecule has 0 saturated carbocycles. The zero-order valence-electron chi connectivity index (χ0n) is 15.6. The average Bonchev–Trinajstić information content (AvgIpc) is 3.18. The highest BCUT2D eigenvalue weighted by Gasteiger charge is 2.27. The Morgan fingerprint density at radius 1 is 1.07 bits per heavy atom. The van der Waals surface area contributed by atoms with Crippen molar-refractivity contribution in [3.8, 4) is 0 Å². The lowest BCUT2D eigenvalue weighted by atomic mass is 10.2. The molecule has 0 spiro atoms. The molecule has 2 aromatic rings. The Hall–Kier alpha value is -1.94. The number of nitrogens with zero attached hydrogens (tertiary/aromatic N) is 1. The molecule has 3 rings (SSSR count). The van der Waals surface area contributed by atoms with E-state index in [0.29, 0.717) is 28.7 Å². The summed E-state index contributed by atoms with van der Waals surface area (Å²) in [5.74, 6) is -1.07. The molecule has 1 fully saturated rings. The summed E-state index contributed by atoms with van der Waals surface area (Å²) in [6.45, 7) is 0.631. The van der Waals surface area contributed by atoms with Crippen LogP contribution in [0.4, 0.5) is 5.69 Å². The fourth-order valence-corrected chi connectivity index (χ4v) is 6.03. The number of hydrogen-bond donors (Lipinski definition) is 1. The minimum absolute atomic E-state index is 0.0889. The molecule has 2 heterocycles. The van der Waals surface area contributed by atoms with Gasteiger partial charge in [0.1, 0.15) is 4.21 Å². The molecule has 1 saturated heterocycles. The fourth-order valence-electron chi connectivity index (χ4n) is 2.89. The van der Waals surface area contributed by atoms with Crippen molar-refractivity contribution in [3.63, 3.8) is 0 Å². The third-order valence-corrected chi connectivity index (χ3v) is 8.06. The van der Waals surface area contributed by atoms with Crippen LogP contribution in [-0.4, -0.2) is 44.3 Å². The third-order valence-electron chi connectivity index (χ3n) is 4.36. The Morgan fingerprint density at radius 2 is 1.76 bits per heavy atom. The largest absolute Gasteiger partial charge is 0.455 e. The molecule has 0 radical (unpaired) electrons. The number of ether oxygens (including phenoxy) is 1. The van der Waals surface area contributed by atoms with Gasteiger partial charge in [-0.15, -0.1) is 11.3 Å². The predicted octanol–water partition coefficient (Wildman–Crippen LogP) is 3.30. The van der Waals surface area contributed by atoms with Crippen molar-refractivity contribution in [2.24, 2.45) is 0 Å². The summed E-state index contributed by atoms with van der Waals surface area (Å²) < 4.78 is 32.0. The van der Waals surface area contributed by atoms with Gasteiger partial charge in [0.2, 0.25) is 0 Å². The van der Waals surface area contributed by atoms with Gasteiger partial charge in [0.25, 0.3) is 15.9 Å². The van der Waals surface area contributed by atoms with Gasteiger partial charge < -0.3 is 10.1 Å². The number of hydrogen-bond acceptors (Lipinski definition) is 6.